The molecule has 2 rings (SSSR count). The molecule has 0 amide bonds. The van der Waals surface area contributed by atoms with Crippen LogP contribution in [0.5, 0.6) is 0 Å². The van der Waals surface area contributed by atoms with Crippen LogP contribution in [0.3, 0.4) is 0 Å². The van der Waals surface area contributed by atoms with Crippen LogP contribution in [0, 0.1) is 11.8 Å². The SMILES string of the molecule is CC1CCCC(C(NN)c2cnccc2N)C1. The van der Waals surface area contributed by atoms with Gasteiger partial charge in [0.2, 0.25) is 0 Å². The molecule has 1 fully saturated rings. The minimum atomic E-state index is 0.131. The van der Waals surface area contributed by atoms with Crippen LogP contribution in [0.15, 0.2) is 18.5 Å². The van der Waals surface area contributed by atoms with Gasteiger partial charge >= 0.3 is 0 Å². The number of nitrogens with one attached hydrogen (secondary N) is 1. The smallest absolute Gasteiger partial charge is 0.0523 e. The van der Waals surface area contributed by atoms with E-state index >= 15 is 0 Å². The minimum Gasteiger partial charge on any atom is -0.398 e. The highest BCUT2D eigenvalue weighted by atomic mass is 15.2. The number of pyridine rings is 1. The Morgan fingerprint density at radius 1 is 1.47 bits per heavy atom. The third kappa shape index (κ3) is 2.76. The lowest BCUT2D eigenvalue weighted by molar-refractivity contribution is 0.224. The van der Waals surface area contributed by atoms with Crippen LogP contribution in [0.25, 0.3) is 0 Å². The largest absolute Gasteiger partial charge is 0.398 e. The predicted octanol–water partition coefficient (Wildman–Crippen LogP) is 1.99. The van der Waals surface area contributed by atoms with Gasteiger partial charge in [-0.15, -0.1) is 0 Å². The first kappa shape index (κ1) is 12.3. The number of nitrogen functional groups attached to an aromatic ring is 1. The number of nitrogens with two attached hydrogens (primary N) is 2. The number of nitrogens with zero attached hydrogens (tertiary/aromatic N) is 1. The summed E-state index contributed by atoms with van der Waals surface area (Å²) in [7, 11) is 0. The van der Waals surface area contributed by atoms with E-state index in [0.717, 1.165) is 17.2 Å². The number of aromatic nitrogens is 1. The molecular formula is C13H22N4. The maximum absolute atomic E-state index is 6.00. The lowest BCUT2D eigenvalue weighted by Gasteiger charge is -2.33. The Bertz CT molecular complexity index is 366. The molecule has 0 radical (unpaired) electrons. The highest BCUT2D eigenvalue weighted by molar-refractivity contribution is 5.46. The first-order valence-corrected chi connectivity index (χ1v) is 6.38. The van der Waals surface area contributed by atoms with Gasteiger partial charge in [-0.05, 0) is 30.7 Å². The average Bonchev–Trinajstić information content (AvgIpc) is 2.33. The molecule has 4 heteroatoms. The van der Waals surface area contributed by atoms with E-state index in [1.165, 1.54) is 25.7 Å². The second-order valence-electron chi connectivity index (χ2n) is 5.18. The number of hydrazine groups is 1. The van der Waals surface area contributed by atoms with E-state index < -0.39 is 0 Å². The van der Waals surface area contributed by atoms with Crippen LogP contribution in [-0.2, 0) is 0 Å². The lowest BCUT2D eigenvalue weighted by atomic mass is 9.77. The Labute approximate surface area is 103 Å². The van der Waals surface area contributed by atoms with Gasteiger partial charge in [-0.2, -0.15) is 0 Å². The molecule has 4 nitrogen and oxygen atoms in total. The van der Waals surface area contributed by atoms with Crippen molar-refractivity contribution in [1.29, 1.82) is 0 Å². The zero-order chi connectivity index (χ0) is 12.3. The third-order valence-electron chi connectivity index (χ3n) is 3.85. The van der Waals surface area contributed by atoms with Gasteiger partial charge in [-0.3, -0.25) is 16.3 Å². The first-order chi connectivity index (χ1) is 8.22. The normalized spacial score (nSPS) is 26.7. The Morgan fingerprint density at radius 2 is 2.29 bits per heavy atom. The average molecular weight is 234 g/mol. The number of hydrogen-bond donors (Lipinski definition) is 3. The molecule has 3 atom stereocenters. The van der Waals surface area contributed by atoms with Crippen molar-refractivity contribution in [3.05, 3.63) is 24.0 Å². The van der Waals surface area contributed by atoms with E-state index in [2.05, 4.69) is 17.3 Å². The van der Waals surface area contributed by atoms with E-state index in [1.54, 1.807) is 6.20 Å². The Morgan fingerprint density at radius 3 is 2.94 bits per heavy atom. The fourth-order valence-corrected chi connectivity index (χ4v) is 2.94. The molecule has 0 bridgehead atoms. The van der Waals surface area contributed by atoms with Gasteiger partial charge < -0.3 is 5.73 Å². The fraction of sp³-hybridized carbons (Fsp3) is 0.615. The fourth-order valence-electron chi connectivity index (χ4n) is 2.94. The molecule has 1 saturated carbocycles. The zero-order valence-corrected chi connectivity index (χ0v) is 10.4. The van der Waals surface area contributed by atoms with Crippen molar-refractivity contribution in [3.8, 4) is 0 Å². The lowest BCUT2D eigenvalue weighted by Crippen LogP contribution is -2.36. The number of hydrogen-bond acceptors (Lipinski definition) is 4. The number of anilines is 1. The maximum atomic E-state index is 6.00. The van der Waals surface area contributed by atoms with Gasteiger partial charge in [-0.25, -0.2) is 0 Å². The van der Waals surface area contributed by atoms with Crippen molar-refractivity contribution in [2.24, 2.45) is 17.7 Å². The molecule has 94 valence electrons. The summed E-state index contributed by atoms with van der Waals surface area (Å²) >= 11 is 0. The Hall–Kier alpha value is -1.13. The molecular weight excluding hydrogens is 212 g/mol. The van der Waals surface area contributed by atoms with Crippen LogP contribution in [0.2, 0.25) is 0 Å². The monoisotopic (exact) mass is 234 g/mol. The van der Waals surface area contributed by atoms with Crippen molar-refractivity contribution in [1.82, 2.24) is 10.4 Å². The molecule has 0 aromatic carbocycles. The van der Waals surface area contributed by atoms with Crippen molar-refractivity contribution in [2.45, 2.75) is 38.6 Å². The molecule has 1 heterocycles. The molecule has 5 N–H and O–H groups in total. The third-order valence-corrected chi connectivity index (χ3v) is 3.85. The molecule has 3 unspecified atom stereocenters. The van der Waals surface area contributed by atoms with Crippen LogP contribution in [0.4, 0.5) is 5.69 Å². The standard InChI is InChI=1S/C13H22N4/c1-9-3-2-4-10(7-9)13(17-15)11-8-16-6-5-12(11)14/h5-6,8-10,13,17H,2-4,7,15H2,1H3,(H2,14,16). The van der Waals surface area contributed by atoms with Gasteiger partial charge in [0.25, 0.3) is 0 Å². The molecule has 0 aliphatic heterocycles. The van der Waals surface area contributed by atoms with Gasteiger partial charge in [0, 0.05) is 23.6 Å². The van der Waals surface area contributed by atoms with Gasteiger partial charge in [0.15, 0.2) is 0 Å². The van der Waals surface area contributed by atoms with E-state index in [1.807, 2.05) is 12.3 Å². The highest BCUT2D eigenvalue weighted by Crippen LogP contribution is 2.37. The highest BCUT2D eigenvalue weighted by Gasteiger charge is 2.28. The molecule has 1 aromatic heterocycles. The van der Waals surface area contributed by atoms with Gasteiger partial charge in [0.1, 0.15) is 0 Å². The second kappa shape index (κ2) is 5.47. The van der Waals surface area contributed by atoms with E-state index in [-0.39, 0.29) is 6.04 Å². The first-order valence-electron chi connectivity index (χ1n) is 6.38. The molecule has 0 saturated heterocycles. The quantitative estimate of drug-likeness (QED) is 0.552. The van der Waals surface area contributed by atoms with Crippen LogP contribution in [-0.4, -0.2) is 4.98 Å². The summed E-state index contributed by atoms with van der Waals surface area (Å²) in [4.78, 5) is 4.15. The molecule has 1 aliphatic carbocycles. The Balaban J connectivity index is 2.18. The van der Waals surface area contributed by atoms with Crippen molar-refractivity contribution in [2.75, 3.05) is 5.73 Å². The van der Waals surface area contributed by atoms with Gasteiger partial charge in [-0.1, -0.05) is 19.8 Å². The van der Waals surface area contributed by atoms with E-state index in [4.69, 9.17) is 11.6 Å². The molecule has 0 spiro atoms. The molecule has 1 aromatic rings. The molecule has 1 aliphatic rings. The summed E-state index contributed by atoms with van der Waals surface area (Å²) in [6.45, 7) is 2.31. The summed E-state index contributed by atoms with van der Waals surface area (Å²) in [5, 5.41) is 0. The second-order valence-corrected chi connectivity index (χ2v) is 5.18. The summed E-state index contributed by atoms with van der Waals surface area (Å²) < 4.78 is 0. The summed E-state index contributed by atoms with van der Waals surface area (Å²) in [5.74, 6) is 7.06. The maximum Gasteiger partial charge on any atom is 0.0523 e. The van der Waals surface area contributed by atoms with Crippen molar-refractivity contribution in [3.63, 3.8) is 0 Å². The summed E-state index contributed by atoms with van der Waals surface area (Å²) in [6, 6.07) is 1.97. The van der Waals surface area contributed by atoms with E-state index in [9.17, 15) is 0 Å². The van der Waals surface area contributed by atoms with Crippen molar-refractivity contribution >= 4 is 5.69 Å². The van der Waals surface area contributed by atoms with E-state index in [0.29, 0.717) is 5.92 Å². The minimum absolute atomic E-state index is 0.131. The van der Waals surface area contributed by atoms with Crippen LogP contribution in [0.1, 0.15) is 44.2 Å². The summed E-state index contributed by atoms with van der Waals surface area (Å²) in [5.41, 5.74) is 10.7. The van der Waals surface area contributed by atoms with Gasteiger partial charge in [0.05, 0.1) is 6.04 Å². The van der Waals surface area contributed by atoms with Crippen LogP contribution >= 0.6 is 0 Å². The molecule has 17 heavy (non-hydrogen) atoms. The Kier molecular flexibility index (Phi) is 3.97. The number of rotatable bonds is 3. The van der Waals surface area contributed by atoms with Crippen LogP contribution < -0.4 is 17.0 Å². The van der Waals surface area contributed by atoms with Crippen molar-refractivity contribution < 1.29 is 0 Å². The topological polar surface area (TPSA) is 77.0 Å². The predicted molar refractivity (Wildman–Crippen MR) is 69.8 cm³/mol. The zero-order valence-electron chi connectivity index (χ0n) is 10.4. The summed E-state index contributed by atoms with van der Waals surface area (Å²) in [6.07, 6.45) is 8.59.